The molecule has 0 aliphatic heterocycles. The molecule has 0 fully saturated rings. The average Bonchev–Trinajstić information content (AvgIpc) is 1.64. The third-order valence-electron chi connectivity index (χ3n) is 1.31. The highest BCUT2D eigenvalue weighted by molar-refractivity contribution is 8.21. The standard InChI is InChI=1S/C5H14O2SSi/c1-5-8(6,7)9(2,3)4/h5H2,1-4H3. The lowest BCUT2D eigenvalue weighted by atomic mass is 11.0. The minimum absolute atomic E-state index is 0.294. The Labute approximate surface area is 57.8 Å². The van der Waals surface area contributed by atoms with E-state index in [0.717, 1.165) is 0 Å². The molecule has 2 nitrogen and oxygen atoms in total. The zero-order chi connectivity index (χ0) is 7.71. The van der Waals surface area contributed by atoms with Crippen molar-refractivity contribution < 1.29 is 8.42 Å². The van der Waals surface area contributed by atoms with E-state index in [1.807, 2.05) is 19.6 Å². The van der Waals surface area contributed by atoms with Crippen LogP contribution in [0.3, 0.4) is 0 Å². The molecule has 0 rings (SSSR count). The summed E-state index contributed by atoms with van der Waals surface area (Å²) in [7, 11) is -4.61. The van der Waals surface area contributed by atoms with Crippen LogP contribution in [0.5, 0.6) is 0 Å². The summed E-state index contributed by atoms with van der Waals surface area (Å²) in [5.41, 5.74) is 0. The molecule has 0 saturated heterocycles. The van der Waals surface area contributed by atoms with Gasteiger partial charge in [-0.25, -0.2) is 8.42 Å². The Kier molecular flexibility index (Phi) is 2.46. The third-order valence-corrected chi connectivity index (χ3v) is 10.4. The maximum Gasteiger partial charge on any atom is 0.186 e. The fourth-order valence-corrected chi connectivity index (χ4v) is 3.90. The first-order valence-corrected chi connectivity index (χ1v) is 8.91. The van der Waals surface area contributed by atoms with Gasteiger partial charge >= 0.3 is 0 Å². The predicted molar refractivity (Wildman–Crippen MR) is 42.8 cm³/mol. The van der Waals surface area contributed by atoms with Crippen molar-refractivity contribution in [1.82, 2.24) is 0 Å². The van der Waals surface area contributed by atoms with Crippen LogP contribution < -0.4 is 0 Å². The molecule has 0 bridgehead atoms. The summed E-state index contributed by atoms with van der Waals surface area (Å²) in [6, 6.07) is 0. The molecule has 9 heavy (non-hydrogen) atoms. The van der Waals surface area contributed by atoms with Crippen molar-refractivity contribution in [3.63, 3.8) is 0 Å². The van der Waals surface area contributed by atoms with Crippen LogP contribution in [0.4, 0.5) is 0 Å². The van der Waals surface area contributed by atoms with Crippen LogP contribution in [0.2, 0.25) is 19.6 Å². The molecule has 0 heterocycles. The molecule has 0 radical (unpaired) electrons. The van der Waals surface area contributed by atoms with E-state index >= 15 is 0 Å². The van der Waals surface area contributed by atoms with E-state index in [2.05, 4.69) is 0 Å². The van der Waals surface area contributed by atoms with E-state index in [4.69, 9.17) is 0 Å². The molecule has 0 N–H and O–H groups in total. The average molecular weight is 166 g/mol. The number of rotatable bonds is 2. The van der Waals surface area contributed by atoms with Crippen LogP contribution in [-0.4, -0.2) is 21.4 Å². The molecule has 0 saturated carbocycles. The van der Waals surface area contributed by atoms with Crippen LogP contribution in [-0.2, 0) is 9.29 Å². The Bertz CT molecular complexity index is 176. The lowest BCUT2D eigenvalue weighted by Gasteiger charge is -2.13. The lowest BCUT2D eigenvalue weighted by molar-refractivity contribution is 0.608. The first-order valence-electron chi connectivity index (χ1n) is 3.03. The van der Waals surface area contributed by atoms with Crippen LogP contribution >= 0.6 is 0 Å². The minimum Gasteiger partial charge on any atom is -0.236 e. The van der Waals surface area contributed by atoms with Crippen molar-refractivity contribution in [2.75, 3.05) is 5.75 Å². The monoisotopic (exact) mass is 166 g/mol. The molecule has 0 aromatic rings. The van der Waals surface area contributed by atoms with Crippen LogP contribution in [0.25, 0.3) is 0 Å². The minimum atomic E-state index is -2.70. The molecule has 56 valence electrons. The fourth-order valence-electron chi connectivity index (χ4n) is 0.433. The van der Waals surface area contributed by atoms with Crippen LogP contribution in [0.15, 0.2) is 0 Å². The summed E-state index contributed by atoms with van der Waals surface area (Å²) in [4.78, 5) is 0. The maximum absolute atomic E-state index is 11.1. The van der Waals surface area contributed by atoms with Gasteiger partial charge < -0.3 is 0 Å². The van der Waals surface area contributed by atoms with Gasteiger partial charge in [0.1, 0.15) is 9.29 Å². The quantitative estimate of drug-likeness (QED) is 0.579. The van der Waals surface area contributed by atoms with Gasteiger partial charge in [0.15, 0.2) is 7.22 Å². The molecular formula is C5H14O2SSi. The zero-order valence-corrected chi connectivity index (χ0v) is 8.25. The van der Waals surface area contributed by atoms with Crippen molar-refractivity contribution in [3.05, 3.63) is 0 Å². The fraction of sp³-hybridized carbons (Fsp3) is 1.00. The second kappa shape index (κ2) is 2.42. The predicted octanol–water partition coefficient (Wildman–Crippen LogP) is 1.26. The molecular weight excluding hydrogens is 152 g/mol. The Morgan fingerprint density at radius 1 is 1.22 bits per heavy atom. The number of hydrogen-bond acceptors (Lipinski definition) is 2. The summed E-state index contributed by atoms with van der Waals surface area (Å²) in [5, 5.41) is 0. The van der Waals surface area contributed by atoms with Crippen LogP contribution in [0, 0.1) is 0 Å². The molecule has 0 atom stereocenters. The summed E-state index contributed by atoms with van der Waals surface area (Å²) in [5.74, 6) is 0.294. The highest BCUT2D eigenvalue weighted by Crippen LogP contribution is 2.10. The van der Waals surface area contributed by atoms with E-state index in [1.54, 1.807) is 6.92 Å². The molecule has 0 aromatic carbocycles. The van der Waals surface area contributed by atoms with Crippen molar-refractivity contribution in [3.8, 4) is 0 Å². The normalized spacial score (nSPS) is 13.8. The van der Waals surface area contributed by atoms with Gasteiger partial charge in [-0.05, 0) is 0 Å². The van der Waals surface area contributed by atoms with Crippen molar-refractivity contribution in [1.29, 1.82) is 0 Å². The van der Waals surface area contributed by atoms with Crippen molar-refractivity contribution >= 4 is 16.5 Å². The summed E-state index contributed by atoms with van der Waals surface area (Å²) >= 11 is 0. The first kappa shape index (κ1) is 9.17. The van der Waals surface area contributed by atoms with Crippen molar-refractivity contribution in [2.45, 2.75) is 26.6 Å². The van der Waals surface area contributed by atoms with E-state index < -0.39 is 16.5 Å². The van der Waals surface area contributed by atoms with E-state index in [0.29, 0.717) is 5.75 Å². The second-order valence-electron chi connectivity index (χ2n) is 3.02. The van der Waals surface area contributed by atoms with Gasteiger partial charge in [0, 0.05) is 5.75 Å². The molecule has 0 aromatic heterocycles. The van der Waals surface area contributed by atoms with E-state index in [1.165, 1.54) is 0 Å². The molecule has 0 amide bonds. The Balaban J connectivity index is 4.57. The van der Waals surface area contributed by atoms with Gasteiger partial charge in [0.2, 0.25) is 0 Å². The summed E-state index contributed by atoms with van der Waals surface area (Å²) in [6.45, 7) is 7.26. The maximum atomic E-state index is 11.1. The van der Waals surface area contributed by atoms with E-state index in [-0.39, 0.29) is 0 Å². The van der Waals surface area contributed by atoms with Gasteiger partial charge in [-0.2, -0.15) is 0 Å². The largest absolute Gasteiger partial charge is 0.236 e. The SMILES string of the molecule is CCS(=O)(=O)[Si](C)(C)C. The van der Waals surface area contributed by atoms with Gasteiger partial charge in [-0.15, -0.1) is 0 Å². The van der Waals surface area contributed by atoms with Crippen molar-refractivity contribution in [2.24, 2.45) is 0 Å². The Morgan fingerprint density at radius 2 is 1.56 bits per heavy atom. The third kappa shape index (κ3) is 2.10. The van der Waals surface area contributed by atoms with Gasteiger partial charge in [0.25, 0.3) is 0 Å². The van der Waals surface area contributed by atoms with E-state index in [9.17, 15) is 8.42 Å². The topological polar surface area (TPSA) is 34.1 Å². The van der Waals surface area contributed by atoms with Crippen LogP contribution in [0.1, 0.15) is 6.92 Å². The molecule has 0 spiro atoms. The molecule has 0 aliphatic carbocycles. The lowest BCUT2D eigenvalue weighted by Crippen LogP contribution is -2.34. The summed E-state index contributed by atoms with van der Waals surface area (Å²) in [6.07, 6.45) is 0. The Hall–Kier alpha value is 0.167. The molecule has 0 aliphatic rings. The smallest absolute Gasteiger partial charge is 0.186 e. The highest BCUT2D eigenvalue weighted by Gasteiger charge is 2.29. The second-order valence-corrected chi connectivity index (χ2v) is 14.6. The van der Waals surface area contributed by atoms with Gasteiger partial charge in [0.05, 0.1) is 0 Å². The Morgan fingerprint density at radius 3 is 1.56 bits per heavy atom. The zero-order valence-electron chi connectivity index (χ0n) is 6.43. The van der Waals surface area contributed by atoms with Gasteiger partial charge in [-0.1, -0.05) is 26.6 Å². The highest BCUT2D eigenvalue weighted by atomic mass is 32.4. The molecule has 4 heteroatoms. The number of hydrogen-bond donors (Lipinski definition) is 0. The van der Waals surface area contributed by atoms with Gasteiger partial charge in [-0.3, -0.25) is 0 Å². The summed E-state index contributed by atoms with van der Waals surface area (Å²) < 4.78 is 22.2. The first-order chi connectivity index (χ1) is 3.81. The molecule has 0 unspecified atom stereocenters.